The number of aliphatic hydroxyl groups is 1. The van der Waals surface area contributed by atoms with E-state index in [4.69, 9.17) is 0 Å². The molecule has 0 aromatic heterocycles. The number of hydrogen-bond donors (Lipinski definition) is 2. The molecule has 0 unspecified atom stereocenters. The first-order chi connectivity index (χ1) is 7.72. The third-order valence-electron chi connectivity index (χ3n) is 2.90. The van der Waals surface area contributed by atoms with Gasteiger partial charge in [-0.2, -0.15) is 0 Å². The lowest BCUT2D eigenvalue weighted by atomic mass is 10.0. The van der Waals surface area contributed by atoms with Gasteiger partial charge in [0.05, 0.1) is 13.2 Å². The van der Waals surface area contributed by atoms with E-state index in [0.29, 0.717) is 6.42 Å². The Labute approximate surface area is 94.2 Å². The van der Waals surface area contributed by atoms with Crippen LogP contribution in [0.4, 0.5) is 0 Å². The average Bonchev–Trinajstić information content (AvgIpc) is 2.71. The van der Waals surface area contributed by atoms with E-state index in [1.807, 2.05) is 30.3 Å². The Morgan fingerprint density at radius 2 is 2.12 bits per heavy atom. The van der Waals surface area contributed by atoms with Gasteiger partial charge in [-0.05, 0) is 12.0 Å². The molecule has 0 spiro atoms. The van der Waals surface area contributed by atoms with Crippen molar-refractivity contribution in [2.75, 3.05) is 7.11 Å². The van der Waals surface area contributed by atoms with Gasteiger partial charge in [0, 0.05) is 6.04 Å². The average molecular weight is 221 g/mol. The number of esters is 1. The Bertz CT molecular complexity index is 366. The molecule has 1 saturated heterocycles. The van der Waals surface area contributed by atoms with Gasteiger partial charge in [-0.1, -0.05) is 30.3 Å². The maximum atomic E-state index is 11.4. The zero-order valence-electron chi connectivity index (χ0n) is 9.09. The van der Waals surface area contributed by atoms with Crippen molar-refractivity contribution in [3.63, 3.8) is 0 Å². The highest BCUT2D eigenvalue weighted by Crippen LogP contribution is 2.27. The Hall–Kier alpha value is -1.39. The summed E-state index contributed by atoms with van der Waals surface area (Å²) in [5, 5.41) is 12.8. The summed E-state index contributed by atoms with van der Waals surface area (Å²) < 4.78 is 4.63. The van der Waals surface area contributed by atoms with Crippen molar-refractivity contribution in [2.45, 2.75) is 24.6 Å². The summed E-state index contributed by atoms with van der Waals surface area (Å²) in [6.07, 6.45) is -0.151. The van der Waals surface area contributed by atoms with E-state index < -0.39 is 18.1 Å². The Kier molecular flexibility index (Phi) is 3.22. The lowest BCUT2D eigenvalue weighted by Gasteiger charge is -2.13. The minimum atomic E-state index is -0.683. The fraction of sp³-hybridized carbons (Fsp3) is 0.417. The highest BCUT2D eigenvalue weighted by Gasteiger charge is 2.38. The van der Waals surface area contributed by atoms with Crippen LogP contribution in [-0.2, 0) is 9.53 Å². The highest BCUT2D eigenvalue weighted by atomic mass is 16.5. The molecule has 16 heavy (non-hydrogen) atoms. The molecule has 0 amide bonds. The van der Waals surface area contributed by atoms with Crippen LogP contribution in [0.5, 0.6) is 0 Å². The molecule has 0 radical (unpaired) electrons. The number of rotatable bonds is 2. The fourth-order valence-corrected chi connectivity index (χ4v) is 2.04. The Morgan fingerprint density at radius 1 is 1.44 bits per heavy atom. The first-order valence-corrected chi connectivity index (χ1v) is 5.29. The number of aliphatic hydroxyl groups excluding tert-OH is 1. The predicted octanol–water partition coefficient (Wildman–Crippen LogP) is 0.623. The maximum Gasteiger partial charge on any atom is 0.325 e. The van der Waals surface area contributed by atoms with Crippen LogP contribution in [-0.4, -0.2) is 30.3 Å². The number of carbonyl (C=O) groups excluding carboxylic acids is 1. The summed E-state index contributed by atoms with van der Waals surface area (Å²) in [5.74, 6) is -0.411. The van der Waals surface area contributed by atoms with E-state index in [0.717, 1.165) is 5.56 Å². The number of hydrogen-bond acceptors (Lipinski definition) is 4. The first-order valence-electron chi connectivity index (χ1n) is 5.29. The molecular formula is C12H15NO3. The van der Waals surface area contributed by atoms with Crippen LogP contribution in [0.3, 0.4) is 0 Å². The molecule has 0 bridgehead atoms. The lowest BCUT2D eigenvalue weighted by Crippen LogP contribution is -2.39. The Balaban J connectivity index is 2.10. The number of ether oxygens (including phenoxy) is 1. The second-order valence-corrected chi connectivity index (χ2v) is 3.93. The van der Waals surface area contributed by atoms with Gasteiger partial charge in [0.15, 0.2) is 0 Å². The summed E-state index contributed by atoms with van der Waals surface area (Å²) in [7, 11) is 1.33. The van der Waals surface area contributed by atoms with Crippen molar-refractivity contribution in [1.82, 2.24) is 5.32 Å². The predicted molar refractivity (Wildman–Crippen MR) is 58.7 cm³/mol. The third-order valence-corrected chi connectivity index (χ3v) is 2.90. The summed E-state index contributed by atoms with van der Waals surface area (Å²) in [4.78, 5) is 11.4. The van der Waals surface area contributed by atoms with Gasteiger partial charge >= 0.3 is 5.97 Å². The summed E-state index contributed by atoms with van der Waals surface area (Å²) in [5.41, 5.74) is 1.08. The van der Waals surface area contributed by atoms with Crippen molar-refractivity contribution in [1.29, 1.82) is 0 Å². The van der Waals surface area contributed by atoms with Crippen LogP contribution in [0.25, 0.3) is 0 Å². The fourth-order valence-electron chi connectivity index (χ4n) is 2.04. The molecule has 4 nitrogen and oxygen atoms in total. The van der Waals surface area contributed by atoms with Gasteiger partial charge in [0.25, 0.3) is 0 Å². The van der Waals surface area contributed by atoms with Crippen LogP contribution < -0.4 is 5.32 Å². The molecule has 1 aromatic carbocycles. The minimum absolute atomic E-state index is 0.0142. The quantitative estimate of drug-likeness (QED) is 0.719. The highest BCUT2D eigenvalue weighted by molar-refractivity contribution is 5.77. The molecule has 0 saturated carbocycles. The van der Waals surface area contributed by atoms with Crippen molar-refractivity contribution in [3.8, 4) is 0 Å². The second kappa shape index (κ2) is 4.63. The van der Waals surface area contributed by atoms with E-state index in [1.54, 1.807) is 0 Å². The van der Waals surface area contributed by atoms with E-state index in [-0.39, 0.29) is 6.04 Å². The van der Waals surface area contributed by atoms with Gasteiger partial charge in [-0.25, -0.2) is 0 Å². The zero-order chi connectivity index (χ0) is 11.5. The SMILES string of the molecule is COC(=O)[C@H]1N[C@@H](c2ccccc2)C[C@H]1O. The van der Waals surface area contributed by atoms with Crippen molar-refractivity contribution in [3.05, 3.63) is 35.9 Å². The maximum absolute atomic E-state index is 11.4. The number of benzene rings is 1. The van der Waals surface area contributed by atoms with E-state index in [2.05, 4.69) is 10.1 Å². The summed E-state index contributed by atoms with van der Waals surface area (Å²) in [6.45, 7) is 0. The molecule has 3 atom stereocenters. The van der Waals surface area contributed by atoms with E-state index in [9.17, 15) is 9.90 Å². The normalized spacial score (nSPS) is 29.0. The van der Waals surface area contributed by atoms with Crippen LogP contribution in [0.15, 0.2) is 30.3 Å². The molecule has 0 aliphatic carbocycles. The summed E-state index contributed by atoms with van der Waals surface area (Å²) in [6, 6.07) is 9.17. The molecule has 1 aliphatic rings. The molecule has 1 fully saturated rings. The van der Waals surface area contributed by atoms with Crippen molar-refractivity contribution >= 4 is 5.97 Å². The number of methoxy groups -OCH3 is 1. The first kappa shape index (κ1) is 11.1. The van der Waals surface area contributed by atoms with Gasteiger partial charge in [-0.3, -0.25) is 10.1 Å². The molecule has 4 heteroatoms. The second-order valence-electron chi connectivity index (χ2n) is 3.93. The molecule has 86 valence electrons. The van der Waals surface area contributed by atoms with Crippen LogP contribution in [0.2, 0.25) is 0 Å². The van der Waals surface area contributed by atoms with Gasteiger partial charge in [0.2, 0.25) is 0 Å². The van der Waals surface area contributed by atoms with Crippen LogP contribution in [0.1, 0.15) is 18.0 Å². The molecule has 2 rings (SSSR count). The van der Waals surface area contributed by atoms with Crippen molar-refractivity contribution < 1.29 is 14.6 Å². The molecule has 1 heterocycles. The zero-order valence-corrected chi connectivity index (χ0v) is 9.09. The lowest BCUT2D eigenvalue weighted by molar-refractivity contribution is -0.144. The monoisotopic (exact) mass is 221 g/mol. The Morgan fingerprint density at radius 3 is 2.75 bits per heavy atom. The third kappa shape index (κ3) is 2.08. The van der Waals surface area contributed by atoms with E-state index in [1.165, 1.54) is 7.11 Å². The molecule has 1 aliphatic heterocycles. The summed E-state index contributed by atoms with van der Waals surface area (Å²) >= 11 is 0. The van der Waals surface area contributed by atoms with Crippen LogP contribution >= 0.6 is 0 Å². The van der Waals surface area contributed by atoms with Gasteiger partial charge in [-0.15, -0.1) is 0 Å². The molecular weight excluding hydrogens is 206 g/mol. The van der Waals surface area contributed by atoms with Crippen molar-refractivity contribution in [2.24, 2.45) is 0 Å². The largest absolute Gasteiger partial charge is 0.468 e. The molecule has 1 aromatic rings. The smallest absolute Gasteiger partial charge is 0.325 e. The van der Waals surface area contributed by atoms with Gasteiger partial charge < -0.3 is 9.84 Å². The van der Waals surface area contributed by atoms with Gasteiger partial charge in [0.1, 0.15) is 6.04 Å². The van der Waals surface area contributed by atoms with E-state index >= 15 is 0 Å². The standard InChI is InChI=1S/C12H15NO3/c1-16-12(15)11-10(14)7-9(13-11)8-5-3-2-4-6-8/h2-6,9-11,13-14H,7H2,1H3/t9-,10-,11+/m1/s1. The number of carbonyl (C=O) groups is 1. The topological polar surface area (TPSA) is 58.6 Å². The minimum Gasteiger partial charge on any atom is -0.468 e. The number of nitrogens with one attached hydrogen (secondary N) is 1. The molecule has 2 N–H and O–H groups in total. The van der Waals surface area contributed by atoms with Crippen LogP contribution in [0, 0.1) is 0 Å².